The van der Waals surface area contributed by atoms with Crippen molar-refractivity contribution in [1.29, 1.82) is 0 Å². The van der Waals surface area contributed by atoms with Crippen LogP contribution in [0.2, 0.25) is 0 Å². The van der Waals surface area contributed by atoms with Crippen LogP contribution < -0.4 is 10.2 Å². The Kier molecular flexibility index (Phi) is 4.04. The van der Waals surface area contributed by atoms with Gasteiger partial charge in [0.2, 0.25) is 11.8 Å². The van der Waals surface area contributed by atoms with Crippen LogP contribution in [0, 0.1) is 0 Å². The largest absolute Gasteiger partial charge is 0.370 e. The Hall–Kier alpha value is -3.39. The Balaban J connectivity index is 1.67. The highest BCUT2D eigenvalue weighted by molar-refractivity contribution is 6.25. The number of carbonyl (C=O) groups excluding carboxylic acids is 4. The van der Waals surface area contributed by atoms with E-state index < -0.39 is 29.7 Å². The van der Waals surface area contributed by atoms with Crippen LogP contribution in [-0.4, -0.2) is 53.7 Å². The molecule has 0 aromatic heterocycles. The zero-order valence-corrected chi connectivity index (χ0v) is 14.3. The summed E-state index contributed by atoms with van der Waals surface area (Å²) in [5, 5.41) is 5.91. The summed E-state index contributed by atoms with van der Waals surface area (Å²) in [5.74, 6) is -2.11. The number of benzene rings is 1. The van der Waals surface area contributed by atoms with Crippen molar-refractivity contribution in [2.24, 2.45) is 5.11 Å². The zero-order valence-electron chi connectivity index (χ0n) is 14.3. The van der Waals surface area contributed by atoms with Crippen molar-refractivity contribution >= 4 is 29.3 Å². The number of rotatable bonds is 3. The van der Waals surface area contributed by atoms with Crippen LogP contribution in [0.5, 0.6) is 0 Å². The molecule has 2 atom stereocenters. The molecule has 27 heavy (non-hydrogen) atoms. The van der Waals surface area contributed by atoms with E-state index >= 15 is 0 Å². The maximum atomic E-state index is 13.0. The third-order valence-corrected chi connectivity index (χ3v) is 5.17. The predicted molar refractivity (Wildman–Crippen MR) is 92.9 cm³/mol. The number of nitrogens with one attached hydrogen (secondary N) is 1. The molecule has 2 saturated heterocycles. The van der Waals surface area contributed by atoms with Crippen molar-refractivity contribution in [2.45, 2.75) is 31.3 Å². The van der Waals surface area contributed by atoms with Crippen molar-refractivity contribution < 1.29 is 19.2 Å². The van der Waals surface area contributed by atoms with Crippen molar-refractivity contribution in [3.63, 3.8) is 0 Å². The lowest BCUT2D eigenvalue weighted by Gasteiger charge is -2.28. The van der Waals surface area contributed by atoms with E-state index in [-0.39, 0.29) is 30.0 Å². The minimum absolute atomic E-state index is 0.0800. The van der Waals surface area contributed by atoms with Crippen LogP contribution in [-0.2, 0) is 9.59 Å². The van der Waals surface area contributed by atoms with Gasteiger partial charge in [-0.3, -0.25) is 29.4 Å². The van der Waals surface area contributed by atoms with Gasteiger partial charge in [-0.05, 0) is 30.5 Å². The Morgan fingerprint density at radius 3 is 2.70 bits per heavy atom. The van der Waals surface area contributed by atoms with Gasteiger partial charge in [0.1, 0.15) is 6.04 Å². The number of carbonyl (C=O) groups is 4. The molecule has 4 amide bonds. The second-order valence-corrected chi connectivity index (χ2v) is 6.74. The maximum Gasteiger partial charge on any atom is 0.264 e. The van der Waals surface area contributed by atoms with Gasteiger partial charge < -0.3 is 4.90 Å². The summed E-state index contributed by atoms with van der Waals surface area (Å²) in [6.07, 6.45) is 0.859. The van der Waals surface area contributed by atoms with Gasteiger partial charge in [0.05, 0.1) is 22.9 Å². The van der Waals surface area contributed by atoms with E-state index in [1.165, 1.54) is 0 Å². The molecule has 2 fully saturated rings. The van der Waals surface area contributed by atoms with E-state index in [1.54, 1.807) is 18.2 Å². The Bertz CT molecular complexity index is 922. The number of hydrogen-bond donors (Lipinski definition) is 1. The van der Waals surface area contributed by atoms with E-state index in [1.807, 2.05) is 4.90 Å². The molecule has 0 spiro atoms. The van der Waals surface area contributed by atoms with Crippen molar-refractivity contribution in [3.05, 3.63) is 39.8 Å². The van der Waals surface area contributed by atoms with E-state index in [0.717, 1.165) is 4.90 Å². The second-order valence-electron chi connectivity index (χ2n) is 6.74. The van der Waals surface area contributed by atoms with Gasteiger partial charge in [-0.2, -0.15) is 0 Å². The SMILES string of the molecule is [N-]=[N+]=NC1CCN(c2cccc3c2C(=O)N(C2CCC(=O)NC2=O)C3=O)C1. The lowest BCUT2D eigenvalue weighted by Crippen LogP contribution is -2.54. The molecule has 3 heterocycles. The molecule has 2 unspecified atom stereocenters. The summed E-state index contributed by atoms with van der Waals surface area (Å²) in [6, 6.07) is 3.82. The summed E-state index contributed by atoms with van der Waals surface area (Å²) >= 11 is 0. The van der Waals surface area contributed by atoms with Gasteiger partial charge in [0.25, 0.3) is 11.8 Å². The molecular formula is C17H16N6O4. The first-order valence-electron chi connectivity index (χ1n) is 8.65. The molecule has 1 aromatic carbocycles. The van der Waals surface area contributed by atoms with E-state index in [0.29, 0.717) is 25.2 Å². The topological polar surface area (TPSA) is 136 Å². The van der Waals surface area contributed by atoms with E-state index in [9.17, 15) is 19.2 Å². The fourth-order valence-corrected chi connectivity index (χ4v) is 3.89. The Morgan fingerprint density at radius 2 is 1.96 bits per heavy atom. The van der Waals surface area contributed by atoms with Gasteiger partial charge in [-0.15, -0.1) is 0 Å². The molecule has 1 N–H and O–H groups in total. The summed E-state index contributed by atoms with van der Waals surface area (Å²) in [5.41, 5.74) is 9.71. The normalized spacial score (nSPS) is 24.7. The van der Waals surface area contributed by atoms with Gasteiger partial charge in [0, 0.05) is 24.4 Å². The third kappa shape index (κ3) is 2.70. The minimum Gasteiger partial charge on any atom is -0.370 e. The van der Waals surface area contributed by atoms with Gasteiger partial charge in [-0.1, -0.05) is 11.2 Å². The highest BCUT2D eigenvalue weighted by atomic mass is 16.2. The summed E-state index contributed by atoms with van der Waals surface area (Å²) in [7, 11) is 0. The fourth-order valence-electron chi connectivity index (χ4n) is 3.89. The highest BCUT2D eigenvalue weighted by Crippen LogP contribution is 2.35. The standard InChI is InChI=1S/C17H16N6O4/c18-21-20-9-6-7-22(8-9)11-3-1-2-10-14(11)17(27)23(16(10)26)12-4-5-13(24)19-15(12)25/h1-3,9,12H,4-8H2,(H,19,24,25). The number of amides is 4. The van der Waals surface area contributed by atoms with Crippen molar-refractivity contribution in [2.75, 3.05) is 18.0 Å². The highest BCUT2D eigenvalue weighted by Gasteiger charge is 2.46. The first kappa shape index (κ1) is 17.0. The van der Waals surface area contributed by atoms with Crippen LogP contribution in [0.25, 0.3) is 10.4 Å². The second kappa shape index (κ2) is 6.40. The van der Waals surface area contributed by atoms with Crippen LogP contribution in [0.1, 0.15) is 40.0 Å². The Labute approximate surface area is 153 Å². The quantitative estimate of drug-likeness (QED) is 0.367. The number of azide groups is 1. The van der Waals surface area contributed by atoms with E-state index in [4.69, 9.17) is 5.53 Å². The van der Waals surface area contributed by atoms with E-state index in [2.05, 4.69) is 15.3 Å². The Morgan fingerprint density at radius 1 is 1.15 bits per heavy atom. The molecule has 3 aliphatic rings. The molecule has 1 aromatic rings. The van der Waals surface area contributed by atoms with Crippen LogP contribution in [0.15, 0.2) is 23.3 Å². The van der Waals surface area contributed by atoms with Crippen LogP contribution >= 0.6 is 0 Å². The van der Waals surface area contributed by atoms with Gasteiger partial charge >= 0.3 is 0 Å². The molecule has 0 radical (unpaired) electrons. The molecule has 0 aliphatic carbocycles. The maximum absolute atomic E-state index is 13.0. The minimum atomic E-state index is -0.988. The average Bonchev–Trinajstić information content (AvgIpc) is 3.20. The number of hydrogen-bond acceptors (Lipinski definition) is 6. The molecular weight excluding hydrogens is 352 g/mol. The number of anilines is 1. The van der Waals surface area contributed by atoms with Crippen LogP contribution in [0.4, 0.5) is 5.69 Å². The molecule has 3 aliphatic heterocycles. The van der Waals surface area contributed by atoms with Crippen molar-refractivity contribution in [3.8, 4) is 0 Å². The summed E-state index contributed by atoms with van der Waals surface area (Å²) < 4.78 is 0. The number of piperidine rings is 1. The van der Waals surface area contributed by atoms with Gasteiger partial charge in [0.15, 0.2) is 0 Å². The van der Waals surface area contributed by atoms with Gasteiger partial charge in [-0.25, -0.2) is 0 Å². The monoisotopic (exact) mass is 368 g/mol. The lowest BCUT2D eigenvalue weighted by molar-refractivity contribution is -0.136. The number of fused-ring (bicyclic) bond motifs is 1. The predicted octanol–water partition coefficient (Wildman–Crippen LogP) is 0.977. The lowest BCUT2D eigenvalue weighted by atomic mass is 10.0. The summed E-state index contributed by atoms with van der Waals surface area (Å²) in [4.78, 5) is 55.1. The van der Waals surface area contributed by atoms with Crippen molar-refractivity contribution in [1.82, 2.24) is 10.2 Å². The number of imide groups is 2. The first-order valence-corrected chi connectivity index (χ1v) is 8.65. The molecule has 10 heteroatoms. The molecule has 4 rings (SSSR count). The molecule has 0 bridgehead atoms. The fraction of sp³-hybridized carbons (Fsp3) is 0.412. The number of nitrogens with zero attached hydrogens (tertiary/aromatic N) is 5. The molecule has 10 nitrogen and oxygen atoms in total. The average molecular weight is 368 g/mol. The molecule has 138 valence electrons. The smallest absolute Gasteiger partial charge is 0.264 e. The third-order valence-electron chi connectivity index (χ3n) is 5.17. The van der Waals surface area contributed by atoms with Crippen LogP contribution in [0.3, 0.4) is 0 Å². The molecule has 0 saturated carbocycles. The zero-order chi connectivity index (χ0) is 19.1. The summed E-state index contributed by atoms with van der Waals surface area (Å²) in [6.45, 7) is 1.06. The first-order chi connectivity index (χ1) is 13.0.